The number of esters is 1. The van der Waals surface area contributed by atoms with Crippen molar-refractivity contribution >= 4 is 27.6 Å². The van der Waals surface area contributed by atoms with E-state index in [4.69, 9.17) is 9.47 Å². The molecule has 0 aliphatic rings. The Bertz CT molecular complexity index is 929. The van der Waals surface area contributed by atoms with Crippen molar-refractivity contribution < 1.29 is 27.5 Å². The van der Waals surface area contributed by atoms with Crippen molar-refractivity contribution in [2.75, 3.05) is 33.1 Å². The van der Waals surface area contributed by atoms with Crippen molar-refractivity contribution in [1.82, 2.24) is 9.29 Å². The van der Waals surface area contributed by atoms with Gasteiger partial charge in [-0.3, -0.25) is 9.78 Å². The molecule has 9 nitrogen and oxygen atoms in total. The van der Waals surface area contributed by atoms with Crippen LogP contribution in [-0.2, 0) is 19.6 Å². The zero-order valence-corrected chi connectivity index (χ0v) is 15.8. The monoisotopic (exact) mass is 393 g/mol. The van der Waals surface area contributed by atoms with Crippen molar-refractivity contribution in [2.45, 2.75) is 4.90 Å². The molecule has 0 fully saturated rings. The molecule has 1 heterocycles. The van der Waals surface area contributed by atoms with E-state index in [-0.39, 0.29) is 21.9 Å². The second-order valence-electron chi connectivity index (χ2n) is 5.51. The standard InChI is InChI=1S/C17H19N3O6S/c1-20(2)27(23,24)15-10-13(4-5-14(15)25-3)19-16(21)11-26-17(22)12-6-8-18-9-7-12/h4-10H,11H2,1-3H3,(H,19,21). The van der Waals surface area contributed by atoms with Gasteiger partial charge in [0, 0.05) is 32.2 Å². The zero-order valence-electron chi connectivity index (χ0n) is 15.0. The Kier molecular flexibility index (Phi) is 6.48. The number of carbonyl (C=O) groups is 2. The molecule has 2 aromatic rings. The first kappa shape index (κ1) is 20.3. The Hall–Kier alpha value is -2.98. The molecule has 1 amide bonds. The van der Waals surface area contributed by atoms with Crippen molar-refractivity contribution in [3.63, 3.8) is 0 Å². The fourth-order valence-electron chi connectivity index (χ4n) is 2.05. The van der Waals surface area contributed by atoms with E-state index in [1.807, 2.05) is 0 Å². The van der Waals surface area contributed by atoms with Gasteiger partial charge in [-0.1, -0.05) is 0 Å². The molecule has 0 atom stereocenters. The molecule has 0 aliphatic heterocycles. The van der Waals surface area contributed by atoms with E-state index in [2.05, 4.69) is 10.3 Å². The number of amides is 1. The minimum absolute atomic E-state index is 0.0958. The maximum Gasteiger partial charge on any atom is 0.338 e. The summed E-state index contributed by atoms with van der Waals surface area (Å²) < 4.78 is 35.8. The van der Waals surface area contributed by atoms with Gasteiger partial charge >= 0.3 is 5.97 Å². The third-order valence-electron chi connectivity index (χ3n) is 3.46. The fraction of sp³-hybridized carbons (Fsp3) is 0.235. The molecule has 0 bridgehead atoms. The van der Waals surface area contributed by atoms with Crippen LogP contribution in [0.2, 0.25) is 0 Å². The summed E-state index contributed by atoms with van der Waals surface area (Å²) in [4.78, 5) is 27.5. The number of rotatable bonds is 7. The lowest BCUT2D eigenvalue weighted by Crippen LogP contribution is -2.24. The number of hydrogen-bond donors (Lipinski definition) is 1. The van der Waals surface area contributed by atoms with Gasteiger partial charge in [-0.25, -0.2) is 17.5 Å². The third-order valence-corrected chi connectivity index (χ3v) is 5.29. The molecule has 0 saturated heterocycles. The highest BCUT2D eigenvalue weighted by atomic mass is 32.2. The van der Waals surface area contributed by atoms with Crippen LogP contribution in [0.25, 0.3) is 0 Å². The summed E-state index contributed by atoms with van der Waals surface area (Å²) in [5.41, 5.74) is 0.489. The van der Waals surface area contributed by atoms with E-state index in [1.54, 1.807) is 0 Å². The minimum Gasteiger partial charge on any atom is -0.495 e. The molecule has 10 heteroatoms. The highest BCUT2D eigenvalue weighted by Crippen LogP contribution is 2.28. The van der Waals surface area contributed by atoms with Crippen LogP contribution in [0, 0.1) is 0 Å². The van der Waals surface area contributed by atoms with Gasteiger partial charge in [-0.05, 0) is 30.3 Å². The second kappa shape index (κ2) is 8.60. The quantitative estimate of drug-likeness (QED) is 0.701. The van der Waals surface area contributed by atoms with Crippen LogP contribution in [-0.4, -0.2) is 57.4 Å². The minimum atomic E-state index is -3.77. The van der Waals surface area contributed by atoms with E-state index in [9.17, 15) is 18.0 Å². The Morgan fingerprint density at radius 2 is 1.81 bits per heavy atom. The SMILES string of the molecule is COc1ccc(NC(=O)COC(=O)c2ccncc2)cc1S(=O)(=O)N(C)C. The van der Waals surface area contributed by atoms with Crippen LogP contribution >= 0.6 is 0 Å². The predicted octanol–water partition coefficient (Wildman–Crippen LogP) is 1.14. The first-order valence-corrected chi connectivity index (χ1v) is 9.17. The summed E-state index contributed by atoms with van der Waals surface area (Å²) in [6.07, 6.45) is 2.86. The molecule has 1 aromatic carbocycles. The summed E-state index contributed by atoms with van der Waals surface area (Å²) in [5.74, 6) is -1.14. The molecular formula is C17H19N3O6S. The second-order valence-corrected chi connectivity index (χ2v) is 7.63. The van der Waals surface area contributed by atoms with Gasteiger partial charge in [-0.15, -0.1) is 0 Å². The van der Waals surface area contributed by atoms with E-state index < -0.39 is 28.5 Å². The Labute approximate surface area is 157 Å². The fourth-order valence-corrected chi connectivity index (χ4v) is 3.13. The maximum absolute atomic E-state index is 12.4. The molecule has 144 valence electrons. The van der Waals surface area contributed by atoms with Gasteiger partial charge in [0.2, 0.25) is 10.0 Å². The number of anilines is 1. The van der Waals surface area contributed by atoms with Crippen molar-refractivity contribution in [2.24, 2.45) is 0 Å². The topological polar surface area (TPSA) is 115 Å². The lowest BCUT2D eigenvalue weighted by molar-refractivity contribution is -0.119. The van der Waals surface area contributed by atoms with E-state index in [1.165, 1.54) is 63.9 Å². The Balaban J connectivity index is 2.09. The van der Waals surface area contributed by atoms with Gasteiger partial charge in [0.1, 0.15) is 10.6 Å². The summed E-state index contributed by atoms with van der Waals surface area (Å²) in [6.45, 7) is -0.525. The van der Waals surface area contributed by atoms with Crippen molar-refractivity contribution in [3.8, 4) is 5.75 Å². The zero-order chi connectivity index (χ0) is 20.0. The molecule has 0 saturated carbocycles. The average molecular weight is 393 g/mol. The smallest absolute Gasteiger partial charge is 0.338 e. The van der Waals surface area contributed by atoms with Crippen LogP contribution < -0.4 is 10.1 Å². The normalized spacial score (nSPS) is 11.1. The van der Waals surface area contributed by atoms with Gasteiger partial charge in [-0.2, -0.15) is 0 Å². The van der Waals surface area contributed by atoms with E-state index in [0.717, 1.165) is 4.31 Å². The maximum atomic E-state index is 12.4. The van der Waals surface area contributed by atoms with Crippen LogP contribution in [0.3, 0.4) is 0 Å². The number of nitrogens with one attached hydrogen (secondary N) is 1. The number of pyridine rings is 1. The highest BCUT2D eigenvalue weighted by Gasteiger charge is 2.23. The van der Waals surface area contributed by atoms with Crippen molar-refractivity contribution in [3.05, 3.63) is 48.3 Å². The molecular weight excluding hydrogens is 374 g/mol. The summed E-state index contributed by atoms with van der Waals surface area (Å²) in [6, 6.07) is 7.10. The first-order valence-electron chi connectivity index (χ1n) is 7.73. The number of nitrogens with zero attached hydrogens (tertiary/aromatic N) is 2. The number of aromatic nitrogens is 1. The first-order chi connectivity index (χ1) is 12.8. The highest BCUT2D eigenvalue weighted by molar-refractivity contribution is 7.89. The number of hydrogen-bond acceptors (Lipinski definition) is 7. The van der Waals surface area contributed by atoms with Gasteiger partial charge in [0.15, 0.2) is 6.61 Å². The van der Waals surface area contributed by atoms with Crippen LogP contribution in [0.4, 0.5) is 5.69 Å². The lowest BCUT2D eigenvalue weighted by Gasteiger charge is -2.16. The molecule has 1 aromatic heterocycles. The summed E-state index contributed by atoms with van der Waals surface area (Å²) in [7, 11) is 0.349. The molecule has 0 radical (unpaired) electrons. The molecule has 0 aliphatic carbocycles. The van der Waals surface area contributed by atoms with E-state index >= 15 is 0 Å². The van der Waals surface area contributed by atoms with Crippen LogP contribution in [0.1, 0.15) is 10.4 Å². The number of benzene rings is 1. The van der Waals surface area contributed by atoms with Crippen LogP contribution in [0.5, 0.6) is 5.75 Å². The number of methoxy groups -OCH3 is 1. The average Bonchev–Trinajstić information content (AvgIpc) is 2.66. The molecule has 0 spiro atoms. The van der Waals surface area contributed by atoms with Crippen molar-refractivity contribution in [1.29, 1.82) is 0 Å². The predicted molar refractivity (Wildman–Crippen MR) is 97.0 cm³/mol. The van der Waals surface area contributed by atoms with Gasteiger partial charge < -0.3 is 14.8 Å². The van der Waals surface area contributed by atoms with E-state index in [0.29, 0.717) is 0 Å². The number of ether oxygens (including phenoxy) is 2. The number of carbonyl (C=O) groups excluding carboxylic acids is 2. The molecule has 1 N–H and O–H groups in total. The van der Waals surface area contributed by atoms with Crippen LogP contribution in [0.15, 0.2) is 47.6 Å². The molecule has 0 unspecified atom stereocenters. The largest absolute Gasteiger partial charge is 0.495 e. The number of sulfonamides is 1. The van der Waals surface area contributed by atoms with Gasteiger partial charge in [0.05, 0.1) is 12.7 Å². The summed E-state index contributed by atoms with van der Waals surface area (Å²) >= 11 is 0. The lowest BCUT2D eigenvalue weighted by atomic mass is 10.3. The molecule has 27 heavy (non-hydrogen) atoms. The summed E-state index contributed by atoms with van der Waals surface area (Å²) in [5, 5.41) is 2.48. The Morgan fingerprint density at radius 3 is 2.41 bits per heavy atom. The third kappa shape index (κ3) is 5.02. The van der Waals surface area contributed by atoms with Gasteiger partial charge in [0.25, 0.3) is 5.91 Å². The Morgan fingerprint density at radius 1 is 1.15 bits per heavy atom. The molecule has 2 rings (SSSR count).